The molecule has 72 valence electrons. The van der Waals surface area contributed by atoms with E-state index in [1.165, 1.54) is 11.7 Å². The first-order chi connectivity index (χ1) is 6.16. The van der Waals surface area contributed by atoms with E-state index in [1.54, 1.807) is 13.8 Å². The summed E-state index contributed by atoms with van der Waals surface area (Å²) in [6.45, 7) is 3.53. The van der Waals surface area contributed by atoms with Crippen molar-refractivity contribution in [1.29, 1.82) is 0 Å². The lowest BCUT2D eigenvalue weighted by Gasteiger charge is -2.11. The molecule has 13 heavy (non-hydrogen) atoms. The Balaban J connectivity index is 2.87. The lowest BCUT2D eigenvalue weighted by atomic mass is 10.5. The van der Waals surface area contributed by atoms with Crippen molar-refractivity contribution in [1.82, 2.24) is 0 Å². The van der Waals surface area contributed by atoms with Crippen LogP contribution in [0.4, 0.5) is 0 Å². The van der Waals surface area contributed by atoms with Crippen LogP contribution in [0.2, 0.25) is 0 Å². The van der Waals surface area contributed by atoms with Gasteiger partial charge in [0, 0.05) is 5.41 Å². The fraction of sp³-hybridized carbons (Fsp3) is 0.375. The first kappa shape index (κ1) is 9.98. The molecule has 0 saturated heterocycles. The lowest BCUT2D eigenvalue weighted by Crippen LogP contribution is -2.15. The van der Waals surface area contributed by atoms with Crippen molar-refractivity contribution in [2.24, 2.45) is 0 Å². The Bertz CT molecular complexity index is 303. The third kappa shape index (κ3) is 2.18. The molecule has 0 amide bonds. The molecule has 1 unspecified atom stereocenters. The molecule has 0 aromatic carbocycles. The average molecular weight is 202 g/mol. The molecule has 0 bridgehead atoms. The Hall–Kier alpha value is -1.10. The number of esters is 1. The largest absolute Gasteiger partial charge is 0.467 e. The standard InChI is InChI=1S/C8H10O4S/c1-3-11-8(9)7-6(2)12-4-5-13(7)10/h4-5H,3H2,1-2H3. The normalized spacial score (nSPS) is 21.2. The first-order valence-corrected chi connectivity index (χ1v) is 5.00. The highest BCUT2D eigenvalue weighted by Crippen LogP contribution is 2.18. The number of carbonyl (C=O) groups is 1. The molecule has 0 N–H and O–H groups in total. The Morgan fingerprint density at radius 3 is 2.92 bits per heavy atom. The van der Waals surface area contributed by atoms with Crippen LogP contribution in [-0.2, 0) is 25.1 Å². The fourth-order valence-electron chi connectivity index (χ4n) is 0.866. The van der Waals surface area contributed by atoms with E-state index in [9.17, 15) is 9.00 Å². The van der Waals surface area contributed by atoms with Gasteiger partial charge in [0.05, 0.1) is 23.7 Å². The minimum atomic E-state index is -1.44. The van der Waals surface area contributed by atoms with Crippen LogP contribution in [0.5, 0.6) is 0 Å². The van der Waals surface area contributed by atoms with E-state index in [2.05, 4.69) is 0 Å². The van der Waals surface area contributed by atoms with Crippen molar-refractivity contribution >= 4 is 16.8 Å². The fourth-order valence-corrected chi connectivity index (χ4v) is 1.71. The molecule has 1 rings (SSSR count). The molecular formula is C8H10O4S. The van der Waals surface area contributed by atoms with Crippen LogP contribution in [0.1, 0.15) is 13.8 Å². The number of ether oxygens (including phenoxy) is 2. The number of rotatable bonds is 2. The van der Waals surface area contributed by atoms with Crippen molar-refractivity contribution in [2.75, 3.05) is 6.61 Å². The first-order valence-electron chi connectivity index (χ1n) is 3.78. The minimum absolute atomic E-state index is 0.0874. The average Bonchev–Trinajstić information content (AvgIpc) is 2.04. The Kier molecular flexibility index (Phi) is 3.25. The molecule has 1 atom stereocenters. The van der Waals surface area contributed by atoms with E-state index in [-0.39, 0.29) is 11.5 Å². The summed E-state index contributed by atoms with van der Waals surface area (Å²) >= 11 is 0. The molecule has 0 fully saturated rings. The second-order valence-corrected chi connectivity index (χ2v) is 3.57. The van der Waals surface area contributed by atoms with Crippen LogP contribution in [0.15, 0.2) is 22.3 Å². The summed E-state index contributed by atoms with van der Waals surface area (Å²) in [4.78, 5) is 11.3. The van der Waals surface area contributed by atoms with E-state index in [0.29, 0.717) is 5.76 Å². The van der Waals surface area contributed by atoms with Crippen LogP contribution in [0.3, 0.4) is 0 Å². The highest BCUT2D eigenvalue weighted by molar-refractivity contribution is 7.92. The zero-order valence-electron chi connectivity index (χ0n) is 7.40. The van der Waals surface area contributed by atoms with Gasteiger partial charge in [0.25, 0.3) is 0 Å². The van der Waals surface area contributed by atoms with Crippen molar-refractivity contribution in [3.8, 4) is 0 Å². The zero-order chi connectivity index (χ0) is 9.84. The Morgan fingerprint density at radius 2 is 2.38 bits per heavy atom. The van der Waals surface area contributed by atoms with E-state index < -0.39 is 16.8 Å². The van der Waals surface area contributed by atoms with Gasteiger partial charge in [-0.15, -0.1) is 0 Å². The molecule has 1 aliphatic rings. The second kappa shape index (κ2) is 4.23. The smallest absolute Gasteiger partial charge is 0.351 e. The number of allylic oxidation sites excluding steroid dienone is 1. The molecule has 0 spiro atoms. The summed E-state index contributed by atoms with van der Waals surface area (Å²) < 4.78 is 21.0. The molecule has 1 aliphatic heterocycles. The molecular weight excluding hydrogens is 192 g/mol. The van der Waals surface area contributed by atoms with Gasteiger partial charge in [0.2, 0.25) is 0 Å². The van der Waals surface area contributed by atoms with E-state index >= 15 is 0 Å². The predicted octanol–water partition coefficient (Wildman–Crippen LogP) is 1.03. The molecule has 0 saturated carbocycles. The molecule has 0 aromatic rings. The third-order valence-corrected chi connectivity index (χ3v) is 2.62. The van der Waals surface area contributed by atoms with Gasteiger partial charge in [-0.2, -0.15) is 0 Å². The second-order valence-electron chi connectivity index (χ2n) is 2.29. The maximum atomic E-state index is 11.3. The van der Waals surface area contributed by atoms with Crippen molar-refractivity contribution in [3.63, 3.8) is 0 Å². The highest BCUT2D eigenvalue weighted by atomic mass is 32.2. The van der Waals surface area contributed by atoms with Gasteiger partial charge in [-0.05, 0) is 13.8 Å². The highest BCUT2D eigenvalue weighted by Gasteiger charge is 2.23. The SMILES string of the molecule is CCOC(=O)C1=C(C)OC=CS1=O. The molecule has 0 aliphatic carbocycles. The Morgan fingerprint density at radius 1 is 1.69 bits per heavy atom. The van der Waals surface area contributed by atoms with Crippen LogP contribution in [0.25, 0.3) is 0 Å². The van der Waals surface area contributed by atoms with E-state index in [0.717, 1.165) is 0 Å². The van der Waals surface area contributed by atoms with Gasteiger partial charge in [0.1, 0.15) is 5.76 Å². The van der Waals surface area contributed by atoms with E-state index in [4.69, 9.17) is 9.47 Å². The third-order valence-electron chi connectivity index (χ3n) is 1.41. The summed E-state index contributed by atoms with van der Waals surface area (Å²) in [5.41, 5.74) is 0. The van der Waals surface area contributed by atoms with Crippen LogP contribution >= 0.6 is 0 Å². The van der Waals surface area contributed by atoms with Gasteiger partial charge >= 0.3 is 5.97 Å². The van der Waals surface area contributed by atoms with Gasteiger partial charge in [-0.1, -0.05) is 0 Å². The number of carbonyl (C=O) groups excluding carboxylic acids is 1. The monoisotopic (exact) mass is 202 g/mol. The van der Waals surface area contributed by atoms with Gasteiger partial charge < -0.3 is 9.47 Å². The molecule has 0 radical (unpaired) electrons. The molecule has 0 aromatic heterocycles. The number of hydrogen-bond donors (Lipinski definition) is 0. The van der Waals surface area contributed by atoms with Crippen LogP contribution in [0, 0.1) is 0 Å². The van der Waals surface area contributed by atoms with Gasteiger partial charge in [-0.3, -0.25) is 0 Å². The van der Waals surface area contributed by atoms with Crippen molar-refractivity contribution in [3.05, 3.63) is 22.3 Å². The Labute approximate surface area is 78.7 Å². The number of hydrogen-bond acceptors (Lipinski definition) is 4. The molecule has 1 heterocycles. The molecule has 5 heteroatoms. The predicted molar refractivity (Wildman–Crippen MR) is 47.7 cm³/mol. The molecule has 4 nitrogen and oxygen atoms in total. The summed E-state index contributed by atoms with van der Waals surface area (Å²) in [7, 11) is -1.44. The topological polar surface area (TPSA) is 52.6 Å². The summed E-state index contributed by atoms with van der Waals surface area (Å²) in [5, 5.41) is 1.30. The zero-order valence-corrected chi connectivity index (χ0v) is 8.22. The van der Waals surface area contributed by atoms with Crippen LogP contribution < -0.4 is 0 Å². The summed E-state index contributed by atoms with van der Waals surface area (Å²) in [5.74, 6) is -0.248. The quantitative estimate of drug-likeness (QED) is 0.627. The van der Waals surface area contributed by atoms with Gasteiger partial charge in [-0.25, -0.2) is 9.00 Å². The summed E-state index contributed by atoms with van der Waals surface area (Å²) in [6, 6.07) is 0. The minimum Gasteiger partial charge on any atom is -0.467 e. The van der Waals surface area contributed by atoms with Crippen molar-refractivity contribution < 1.29 is 18.5 Å². The maximum Gasteiger partial charge on any atom is 0.351 e. The van der Waals surface area contributed by atoms with E-state index in [1.807, 2.05) is 0 Å². The lowest BCUT2D eigenvalue weighted by molar-refractivity contribution is -0.137. The van der Waals surface area contributed by atoms with Crippen LogP contribution in [-0.4, -0.2) is 16.8 Å². The van der Waals surface area contributed by atoms with Gasteiger partial charge in [0.15, 0.2) is 4.91 Å². The maximum absolute atomic E-state index is 11.3. The van der Waals surface area contributed by atoms with Crippen molar-refractivity contribution in [2.45, 2.75) is 13.8 Å². The summed E-state index contributed by atoms with van der Waals surface area (Å²) in [6.07, 6.45) is 1.30.